The van der Waals surface area contributed by atoms with Gasteiger partial charge in [0.05, 0.1) is 7.11 Å². The molecule has 1 N–H and O–H groups in total. The smallest absolute Gasteiger partial charge is 0.160 e. The molecule has 0 aliphatic heterocycles. The van der Waals surface area contributed by atoms with E-state index in [2.05, 4.69) is 12.2 Å². The fourth-order valence-corrected chi connectivity index (χ4v) is 3.31. The summed E-state index contributed by atoms with van der Waals surface area (Å²) in [4.78, 5) is 0. The van der Waals surface area contributed by atoms with Gasteiger partial charge in [-0.1, -0.05) is 18.2 Å². The van der Waals surface area contributed by atoms with E-state index >= 15 is 0 Å². The Kier molecular flexibility index (Phi) is 2.39. The van der Waals surface area contributed by atoms with Crippen molar-refractivity contribution in [1.29, 1.82) is 0 Å². The number of hydrogen-bond acceptors (Lipinski definition) is 2. The maximum Gasteiger partial charge on any atom is 0.160 e. The number of allylic oxidation sites excluding steroid dienone is 2. The molecule has 2 aliphatic rings. The first-order chi connectivity index (χ1) is 8.21. The molecule has 1 fully saturated rings. The van der Waals surface area contributed by atoms with E-state index in [9.17, 15) is 5.11 Å². The molecule has 2 nitrogen and oxygen atoms in total. The van der Waals surface area contributed by atoms with Crippen LogP contribution in [0.3, 0.4) is 0 Å². The van der Waals surface area contributed by atoms with E-state index in [0.29, 0.717) is 11.2 Å². The van der Waals surface area contributed by atoms with E-state index in [1.54, 1.807) is 13.2 Å². The lowest BCUT2D eigenvalue weighted by Gasteiger charge is -2.23. The second-order valence-electron chi connectivity index (χ2n) is 5.41. The lowest BCUT2D eigenvalue weighted by molar-refractivity contribution is 0.369. The van der Waals surface area contributed by atoms with E-state index < -0.39 is 0 Å². The molecule has 2 heteroatoms. The Bertz CT molecular complexity index is 464. The molecule has 90 valence electrons. The quantitative estimate of drug-likeness (QED) is 0.807. The lowest BCUT2D eigenvalue weighted by atomic mass is 9.81. The summed E-state index contributed by atoms with van der Waals surface area (Å²) in [6.45, 7) is 0. The van der Waals surface area contributed by atoms with Crippen molar-refractivity contribution in [2.24, 2.45) is 11.3 Å². The van der Waals surface area contributed by atoms with Gasteiger partial charge in [-0.25, -0.2) is 0 Å². The Hall–Kier alpha value is -1.44. The number of phenolic OH excluding ortho intramolecular Hbond substituents is 1. The van der Waals surface area contributed by atoms with Crippen LogP contribution >= 0.6 is 0 Å². The Balaban J connectivity index is 1.84. The van der Waals surface area contributed by atoms with Crippen molar-refractivity contribution < 1.29 is 9.84 Å². The highest BCUT2D eigenvalue weighted by Gasteiger charge is 2.40. The third-order valence-electron chi connectivity index (χ3n) is 4.20. The standard InChI is InChI=1S/C15H18O2/c1-17-14-8-12(2-3-13(14)16)10-15-6-4-11(9-15)5-7-15/h2-4,6,8,11,16H,5,7,9-10H2,1H3. The molecule has 2 bridgehead atoms. The monoisotopic (exact) mass is 230 g/mol. The maximum absolute atomic E-state index is 9.59. The number of fused-ring (bicyclic) bond motifs is 2. The van der Waals surface area contributed by atoms with Crippen LogP contribution in [0.2, 0.25) is 0 Å². The first kappa shape index (κ1) is 10.7. The van der Waals surface area contributed by atoms with Crippen molar-refractivity contribution in [1.82, 2.24) is 0 Å². The van der Waals surface area contributed by atoms with Gasteiger partial charge in [-0.05, 0) is 54.7 Å². The third-order valence-corrected chi connectivity index (χ3v) is 4.20. The molecule has 0 aromatic heterocycles. The second-order valence-corrected chi connectivity index (χ2v) is 5.41. The van der Waals surface area contributed by atoms with E-state index in [1.165, 1.54) is 24.8 Å². The molecular weight excluding hydrogens is 212 g/mol. The van der Waals surface area contributed by atoms with Gasteiger partial charge in [0.15, 0.2) is 11.5 Å². The zero-order valence-corrected chi connectivity index (χ0v) is 10.1. The van der Waals surface area contributed by atoms with Crippen LogP contribution in [0.5, 0.6) is 11.5 Å². The van der Waals surface area contributed by atoms with Crippen LogP contribution in [0.25, 0.3) is 0 Å². The first-order valence-electron chi connectivity index (χ1n) is 6.26. The van der Waals surface area contributed by atoms with Crippen LogP contribution in [-0.2, 0) is 6.42 Å². The lowest BCUT2D eigenvalue weighted by Crippen LogP contribution is -2.15. The minimum atomic E-state index is 0.222. The highest BCUT2D eigenvalue weighted by molar-refractivity contribution is 5.42. The van der Waals surface area contributed by atoms with E-state index in [1.807, 2.05) is 12.1 Å². The Morgan fingerprint density at radius 3 is 2.94 bits per heavy atom. The average molecular weight is 230 g/mol. The van der Waals surface area contributed by atoms with Gasteiger partial charge in [0, 0.05) is 0 Å². The van der Waals surface area contributed by atoms with E-state index in [0.717, 1.165) is 12.3 Å². The average Bonchev–Trinajstić information content (AvgIpc) is 2.91. The molecule has 0 radical (unpaired) electrons. The van der Waals surface area contributed by atoms with Crippen molar-refractivity contribution in [3.63, 3.8) is 0 Å². The maximum atomic E-state index is 9.59. The SMILES string of the molecule is COc1cc(CC23C=CC(CC2)C3)ccc1O. The van der Waals surface area contributed by atoms with Gasteiger partial charge in [-0.2, -0.15) is 0 Å². The van der Waals surface area contributed by atoms with Crippen LogP contribution in [0.1, 0.15) is 24.8 Å². The molecule has 1 saturated carbocycles. The van der Waals surface area contributed by atoms with Crippen LogP contribution in [-0.4, -0.2) is 12.2 Å². The van der Waals surface area contributed by atoms with Crippen LogP contribution in [0, 0.1) is 11.3 Å². The summed E-state index contributed by atoms with van der Waals surface area (Å²) < 4.78 is 5.16. The van der Waals surface area contributed by atoms with Gasteiger partial charge in [0.25, 0.3) is 0 Å². The fraction of sp³-hybridized carbons (Fsp3) is 0.467. The molecule has 3 rings (SSSR count). The molecule has 0 heterocycles. The number of hydrogen-bond donors (Lipinski definition) is 1. The number of methoxy groups -OCH3 is 1. The molecule has 2 unspecified atom stereocenters. The minimum absolute atomic E-state index is 0.222. The predicted molar refractivity (Wildman–Crippen MR) is 67.3 cm³/mol. The van der Waals surface area contributed by atoms with Crippen LogP contribution in [0.15, 0.2) is 30.4 Å². The van der Waals surface area contributed by atoms with Crippen molar-refractivity contribution in [3.05, 3.63) is 35.9 Å². The summed E-state index contributed by atoms with van der Waals surface area (Å²) in [6, 6.07) is 5.70. The normalized spacial score (nSPS) is 29.8. The molecule has 17 heavy (non-hydrogen) atoms. The molecule has 0 saturated heterocycles. The first-order valence-corrected chi connectivity index (χ1v) is 6.26. The minimum Gasteiger partial charge on any atom is -0.504 e. The fourth-order valence-electron chi connectivity index (χ4n) is 3.31. The highest BCUT2D eigenvalue weighted by Crippen LogP contribution is 2.51. The molecule has 2 aliphatic carbocycles. The zero-order valence-electron chi connectivity index (χ0n) is 10.1. The predicted octanol–water partition coefficient (Wildman–Crippen LogP) is 3.30. The Morgan fingerprint density at radius 1 is 1.47 bits per heavy atom. The topological polar surface area (TPSA) is 29.5 Å². The van der Waals surface area contributed by atoms with Gasteiger partial charge in [-0.15, -0.1) is 0 Å². The van der Waals surface area contributed by atoms with Gasteiger partial charge in [0.2, 0.25) is 0 Å². The summed E-state index contributed by atoms with van der Waals surface area (Å²) in [5, 5.41) is 9.59. The summed E-state index contributed by atoms with van der Waals surface area (Å²) >= 11 is 0. The van der Waals surface area contributed by atoms with Crippen molar-refractivity contribution in [2.75, 3.05) is 7.11 Å². The number of aromatic hydroxyl groups is 1. The number of ether oxygens (including phenoxy) is 1. The van der Waals surface area contributed by atoms with Gasteiger partial charge < -0.3 is 9.84 Å². The van der Waals surface area contributed by atoms with E-state index in [4.69, 9.17) is 4.74 Å². The summed E-state index contributed by atoms with van der Waals surface area (Å²) in [5.74, 6) is 1.62. The zero-order chi connectivity index (χ0) is 11.9. The van der Waals surface area contributed by atoms with Crippen LogP contribution in [0.4, 0.5) is 0 Å². The van der Waals surface area contributed by atoms with Gasteiger partial charge >= 0.3 is 0 Å². The summed E-state index contributed by atoms with van der Waals surface area (Å²) in [6.07, 6.45) is 9.79. The third kappa shape index (κ3) is 1.82. The molecular formula is C15H18O2. The van der Waals surface area contributed by atoms with E-state index in [-0.39, 0.29) is 5.75 Å². The Morgan fingerprint density at radius 2 is 2.35 bits per heavy atom. The van der Waals surface area contributed by atoms with Crippen molar-refractivity contribution in [2.45, 2.75) is 25.7 Å². The molecule has 0 spiro atoms. The van der Waals surface area contributed by atoms with Gasteiger partial charge in [-0.3, -0.25) is 0 Å². The molecule has 2 atom stereocenters. The van der Waals surface area contributed by atoms with Crippen LogP contribution < -0.4 is 4.74 Å². The Labute approximate surface area is 102 Å². The highest BCUT2D eigenvalue weighted by atomic mass is 16.5. The summed E-state index contributed by atoms with van der Waals surface area (Å²) in [5.41, 5.74) is 1.64. The molecule has 1 aromatic rings. The van der Waals surface area contributed by atoms with Crippen molar-refractivity contribution in [3.8, 4) is 11.5 Å². The van der Waals surface area contributed by atoms with Gasteiger partial charge in [0.1, 0.15) is 0 Å². The number of benzene rings is 1. The largest absolute Gasteiger partial charge is 0.504 e. The van der Waals surface area contributed by atoms with Crippen molar-refractivity contribution >= 4 is 0 Å². The molecule has 1 aromatic carbocycles. The summed E-state index contributed by atoms with van der Waals surface area (Å²) in [7, 11) is 1.60. The number of rotatable bonds is 3. The number of phenols is 1. The molecule has 0 amide bonds. The second kappa shape index (κ2) is 3.80.